The van der Waals surface area contributed by atoms with Gasteiger partial charge in [0.25, 0.3) is 5.56 Å². The van der Waals surface area contributed by atoms with Gasteiger partial charge in [0.2, 0.25) is 0 Å². The molecule has 1 aromatic carbocycles. The fourth-order valence-electron chi connectivity index (χ4n) is 3.55. The molecule has 1 aliphatic heterocycles. The first-order chi connectivity index (χ1) is 14.6. The van der Waals surface area contributed by atoms with Gasteiger partial charge in [0.15, 0.2) is 0 Å². The summed E-state index contributed by atoms with van der Waals surface area (Å²) < 4.78 is 0. The molecule has 0 spiro atoms. The summed E-state index contributed by atoms with van der Waals surface area (Å²) in [6.07, 6.45) is 10.7. The van der Waals surface area contributed by atoms with Crippen LogP contribution in [0.4, 0.5) is 11.5 Å². The van der Waals surface area contributed by atoms with Crippen LogP contribution in [0, 0.1) is 0 Å². The van der Waals surface area contributed by atoms with Crippen molar-refractivity contribution in [3.8, 4) is 0 Å². The second-order valence-corrected chi connectivity index (χ2v) is 7.63. The lowest BCUT2D eigenvalue weighted by Gasteiger charge is -2.16. The first-order valence-corrected chi connectivity index (χ1v) is 9.98. The molecule has 4 aromatic rings. The first kappa shape index (κ1) is 18.7. The zero-order chi connectivity index (χ0) is 20.7. The summed E-state index contributed by atoms with van der Waals surface area (Å²) in [6.45, 7) is 0.698. The molecule has 6 nitrogen and oxygen atoms in total. The van der Waals surface area contributed by atoms with Gasteiger partial charge >= 0.3 is 0 Å². The largest absolute Gasteiger partial charge is 0.387 e. The number of halogens is 2. The number of allylic oxidation sites excluding steroid dienone is 2. The van der Waals surface area contributed by atoms with Crippen molar-refractivity contribution in [3.05, 3.63) is 87.2 Å². The van der Waals surface area contributed by atoms with Crippen molar-refractivity contribution in [3.63, 3.8) is 0 Å². The Balaban J connectivity index is 1.66. The first-order valence-electron chi connectivity index (χ1n) is 9.22. The molecular formula is C22H15Cl2N5O. The highest BCUT2D eigenvalue weighted by molar-refractivity contribution is 6.39. The summed E-state index contributed by atoms with van der Waals surface area (Å²) >= 11 is 13.2. The van der Waals surface area contributed by atoms with E-state index in [1.54, 1.807) is 30.7 Å². The van der Waals surface area contributed by atoms with E-state index in [2.05, 4.69) is 25.6 Å². The van der Waals surface area contributed by atoms with Gasteiger partial charge in [-0.05, 0) is 47.7 Å². The number of hydrogen-bond acceptors (Lipinski definition) is 5. The quantitative estimate of drug-likeness (QED) is 0.393. The van der Waals surface area contributed by atoms with E-state index in [1.807, 2.05) is 30.5 Å². The Kier molecular flexibility index (Phi) is 4.65. The highest BCUT2D eigenvalue weighted by Crippen LogP contribution is 2.37. The van der Waals surface area contributed by atoms with Crippen LogP contribution >= 0.6 is 23.2 Å². The lowest BCUT2D eigenvalue weighted by atomic mass is 10.0. The van der Waals surface area contributed by atoms with Crippen molar-refractivity contribution >= 4 is 62.0 Å². The maximum atomic E-state index is 12.5. The predicted molar refractivity (Wildman–Crippen MR) is 123 cm³/mol. The van der Waals surface area contributed by atoms with E-state index in [4.69, 9.17) is 23.2 Å². The van der Waals surface area contributed by atoms with E-state index in [-0.39, 0.29) is 5.56 Å². The Morgan fingerprint density at radius 1 is 1.10 bits per heavy atom. The molecule has 0 amide bonds. The molecule has 30 heavy (non-hydrogen) atoms. The molecule has 3 aromatic heterocycles. The van der Waals surface area contributed by atoms with Crippen LogP contribution in [0.25, 0.3) is 27.2 Å². The predicted octanol–water partition coefficient (Wildman–Crippen LogP) is 5.02. The lowest BCUT2D eigenvalue weighted by Crippen LogP contribution is -2.12. The third-order valence-electron chi connectivity index (χ3n) is 4.98. The molecular weight excluding hydrogens is 421 g/mol. The number of fused-ring (bicyclic) bond motifs is 3. The number of rotatable bonds is 3. The standard InChI is InChI=1S/C22H15Cl2N5O/c23-16-8-13(12-2-1-5-25-10-12)9-17(24)20(16)29-21-14-3-7-27-22(30)19(14)15-11-26-6-4-18(15)28-21/h1-9,11,25H,10H2,(H,27,30)(H,28,29). The third kappa shape index (κ3) is 3.20. The van der Waals surface area contributed by atoms with Crippen molar-refractivity contribution in [2.24, 2.45) is 0 Å². The fourth-order valence-corrected chi connectivity index (χ4v) is 4.13. The van der Waals surface area contributed by atoms with E-state index in [9.17, 15) is 4.79 Å². The lowest BCUT2D eigenvalue weighted by molar-refractivity contribution is 0.986. The third-order valence-corrected chi connectivity index (χ3v) is 5.57. The van der Waals surface area contributed by atoms with Crippen LogP contribution in [0.3, 0.4) is 0 Å². The molecule has 0 bridgehead atoms. The van der Waals surface area contributed by atoms with Crippen LogP contribution in [0.5, 0.6) is 0 Å². The summed E-state index contributed by atoms with van der Waals surface area (Å²) in [5.74, 6) is 0.493. The van der Waals surface area contributed by atoms with Gasteiger partial charge in [-0.3, -0.25) is 9.78 Å². The second kappa shape index (κ2) is 7.48. The van der Waals surface area contributed by atoms with Gasteiger partial charge in [-0.1, -0.05) is 29.3 Å². The molecule has 0 radical (unpaired) electrons. The van der Waals surface area contributed by atoms with Gasteiger partial charge in [0.05, 0.1) is 26.6 Å². The summed E-state index contributed by atoms with van der Waals surface area (Å²) in [4.78, 5) is 24.1. The molecule has 0 saturated carbocycles. The van der Waals surface area contributed by atoms with E-state index >= 15 is 0 Å². The number of H-pyrrole nitrogens is 1. The molecule has 148 valence electrons. The molecule has 1 aliphatic rings. The Hall–Kier alpha value is -3.35. The molecule has 3 N–H and O–H groups in total. The minimum absolute atomic E-state index is 0.215. The Bertz CT molecular complexity index is 1400. The molecule has 8 heteroatoms. The molecule has 0 atom stereocenters. The zero-order valence-electron chi connectivity index (χ0n) is 15.5. The summed E-state index contributed by atoms with van der Waals surface area (Å²) in [6, 6.07) is 7.28. The van der Waals surface area contributed by atoms with Gasteiger partial charge in [-0.15, -0.1) is 0 Å². The van der Waals surface area contributed by atoms with E-state index < -0.39 is 0 Å². The van der Waals surface area contributed by atoms with Crippen LogP contribution in [-0.4, -0.2) is 21.5 Å². The number of benzene rings is 1. The maximum Gasteiger partial charge on any atom is 0.256 e. The normalized spacial score (nSPS) is 13.3. The smallest absolute Gasteiger partial charge is 0.256 e. The molecule has 0 aliphatic carbocycles. The number of dihydropyridines is 1. The Morgan fingerprint density at radius 3 is 2.70 bits per heavy atom. The van der Waals surface area contributed by atoms with E-state index in [0.717, 1.165) is 11.1 Å². The molecule has 5 rings (SSSR count). The van der Waals surface area contributed by atoms with Crippen LogP contribution in [0.1, 0.15) is 5.56 Å². The number of aromatic nitrogens is 3. The number of nitrogens with zero attached hydrogens (tertiary/aromatic N) is 2. The Morgan fingerprint density at radius 2 is 1.93 bits per heavy atom. The summed E-state index contributed by atoms with van der Waals surface area (Å²) in [5.41, 5.74) is 2.98. The van der Waals surface area contributed by atoms with Crippen LogP contribution in [0.2, 0.25) is 10.0 Å². The fraction of sp³-hybridized carbons (Fsp3) is 0.0455. The molecule has 4 heterocycles. The summed E-state index contributed by atoms with van der Waals surface area (Å²) in [7, 11) is 0. The van der Waals surface area contributed by atoms with Gasteiger partial charge in [0, 0.05) is 35.9 Å². The number of nitrogens with one attached hydrogen (secondary N) is 3. The van der Waals surface area contributed by atoms with Crippen LogP contribution in [0.15, 0.2) is 66.0 Å². The zero-order valence-corrected chi connectivity index (χ0v) is 17.1. The molecule has 0 unspecified atom stereocenters. The summed E-state index contributed by atoms with van der Waals surface area (Å²) in [5, 5.41) is 9.17. The second-order valence-electron chi connectivity index (χ2n) is 6.82. The molecule has 0 fully saturated rings. The minimum atomic E-state index is -0.215. The maximum absolute atomic E-state index is 12.5. The minimum Gasteiger partial charge on any atom is -0.387 e. The van der Waals surface area contributed by atoms with Crippen molar-refractivity contribution < 1.29 is 0 Å². The monoisotopic (exact) mass is 435 g/mol. The van der Waals surface area contributed by atoms with Crippen molar-refractivity contribution in [1.29, 1.82) is 0 Å². The van der Waals surface area contributed by atoms with E-state index in [1.165, 1.54) is 0 Å². The molecule has 0 saturated heterocycles. The van der Waals surface area contributed by atoms with Crippen molar-refractivity contribution in [2.45, 2.75) is 0 Å². The SMILES string of the molecule is O=c1[nH]ccc2c(Nc3c(Cl)cc(C4=CC=CNC4)cc3Cl)nc3ccncc3c12. The van der Waals surface area contributed by atoms with E-state index in [0.29, 0.717) is 49.8 Å². The Labute approximate surface area is 181 Å². The average Bonchev–Trinajstić information content (AvgIpc) is 2.76. The number of anilines is 2. The van der Waals surface area contributed by atoms with Crippen molar-refractivity contribution in [2.75, 3.05) is 11.9 Å². The number of hydrogen-bond donors (Lipinski definition) is 3. The van der Waals surface area contributed by atoms with Crippen LogP contribution in [-0.2, 0) is 0 Å². The number of pyridine rings is 3. The number of aromatic amines is 1. The van der Waals surface area contributed by atoms with Gasteiger partial charge in [0.1, 0.15) is 5.82 Å². The van der Waals surface area contributed by atoms with Gasteiger partial charge in [-0.25, -0.2) is 4.98 Å². The highest BCUT2D eigenvalue weighted by atomic mass is 35.5. The highest BCUT2D eigenvalue weighted by Gasteiger charge is 2.16. The average molecular weight is 436 g/mol. The van der Waals surface area contributed by atoms with Gasteiger partial charge in [-0.2, -0.15) is 0 Å². The van der Waals surface area contributed by atoms with Crippen LogP contribution < -0.4 is 16.2 Å². The van der Waals surface area contributed by atoms with Gasteiger partial charge < -0.3 is 15.6 Å². The topological polar surface area (TPSA) is 82.7 Å². The van der Waals surface area contributed by atoms with Crippen molar-refractivity contribution in [1.82, 2.24) is 20.3 Å².